The second-order valence-corrected chi connectivity index (χ2v) is 9.35. The largest absolute Gasteiger partial charge is 0.497 e. The molecule has 2 aromatic rings. The molecule has 2 aliphatic rings. The van der Waals surface area contributed by atoms with E-state index in [2.05, 4.69) is 0 Å². The van der Waals surface area contributed by atoms with Gasteiger partial charge in [0.15, 0.2) is 0 Å². The monoisotopic (exact) mass is 400 g/mol. The highest BCUT2D eigenvalue weighted by molar-refractivity contribution is 7.92. The zero-order valence-electron chi connectivity index (χ0n) is 16.1. The maximum atomic E-state index is 13.6. The number of methoxy groups -OCH3 is 1. The van der Waals surface area contributed by atoms with E-state index in [1.165, 1.54) is 10.6 Å². The number of nitrogens with zero attached hydrogens (tertiary/aromatic N) is 2. The van der Waals surface area contributed by atoms with Crippen molar-refractivity contribution in [1.82, 2.24) is 0 Å². The van der Waals surface area contributed by atoms with Crippen LogP contribution in [0.4, 0.5) is 11.4 Å². The van der Waals surface area contributed by atoms with E-state index in [9.17, 15) is 13.2 Å². The van der Waals surface area contributed by atoms with E-state index < -0.39 is 15.4 Å². The van der Waals surface area contributed by atoms with Gasteiger partial charge in [-0.15, -0.1) is 0 Å². The first-order chi connectivity index (χ1) is 13.4. The predicted octanol–water partition coefficient (Wildman–Crippen LogP) is 2.93. The van der Waals surface area contributed by atoms with Gasteiger partial charge in [-0.25, -0.2) is 8.42 Å². The molecule has 0 unspecified atom stereocenters. The number of anilines is 2. The van der Waals surface area contributed by atoms with Crippen molar-refractivity contribution in [2.24, 2.45) is 0 Å². The molecule has 1 fully saturated rings. The molecule has 1 saturated carbocycles. The number of ether oxygens (including phenoxy) is 1. The van der Waals surface area contributed by atoms with Gasteiger partial charge in [-0.05, 0) is 49.1 Å². The summed E-state index contributed by atoms with van der Waals surface area (Å²) in [7, 11) is -1.79. The Balaban J connectivity index is 1.72. The summed E-state index contributed by atoms with van der Waals surface area (Å²) in [6.45, 7) is 0.870. The first kappa shape index (κ1) is 18.8. The van der Waals surface area contributed by atoms with Crippen LogP contribution in [-0.4, -0.2) is 40.8 Å². The molecule has 2 aromatic carbocycles. The molecular weight excluding hydrogens is 376 g/mol. The summed E-state index contributed by atoms with van der Waals surface area (Å²) < 4.78 is 31.2. The first-order valence-electron chi connectivity index (χ1n) is 9.40. The van der Waals surface area contributed by atoms with Gasteiger partial charge in [0.05, 0.1) is 30.2 Å². The number of amides is 1. The minimum absolute atomic E-state index is 0.0421. The summed E-state index contributed by atoms with van der Waals surface area (Å²) in [5.41, 5.74) is 1.69. The molecule has 0 radical (unpaired) electrons. The number of benzene rings is 2. The highest BCUT2D eigenvalue weighted by atomic mass is 32.2. The van der Waals surface area contributed by atoms with E-state index >= 15 is 0 Å². The molecule has 4 rings (SSSR count). The molecule has 1 aliphatic carbocycles. The molecule has 0 N–H and O–H groups in total. The quantitative estimate of drug-likeness (QED) is 0.791. The van der Waals surface area contributed by atoms with Crippen molar-refractivity contribution in [2.45, 2.75) is 24.7 Å². The fourth-order valence-corrected chi connectivity index (χ4v) is 4.96. The van der Waals surface area contributed by atoms with Crippen molar-refractivity contribution in [3.8, 4) is 5.75 Å². The van der Waals surface area contributed by atoms with Gasteiger partial charge in [-0.1, -0.05) is 24.3 Å². The van der Waals surface area contributed by atoms with Gasteiger partial charge in [0.25, 0.3) is 0 Å². The zero-order chi connectivity index (χ0) is 19.9. The van der Waals surface area contributed by atoms with Crippen LogP contribution < -0.4 is 13.9 Å². The number of rotatable bonds is 4. The van der Waals surface area contributed by atoms with Crippen LogP contribution in [0.2, 0.25) is 0 Å². The van der Waals surface area contributed by atoms with E-state index in [0.717, 1.165) is 24.2 Å². The lowest BCUT2D eigenvalue weighted by atomic mass is 9.93. The van der Waals surface area contributed by atoms with Crippen LogP contribution in [-0.2, 0) is 20.2 Å². The third-order valence-corrected chi connectivity index (χ3v) is 6.81. The molecular formula is C21H24N2O4S. The van der Waals surface area contributed by atoms with Crippen molar-refractivity contribution >= 4 is 27.3 Å². The highest BCUT2D eigenvalue weighted by Crippen LogP contribution is 2.51. The fourth-order valence-electron chi connectivity index (χ4n) is 3.99. The maximum Gasteiger partial charge on any atom is 0.237 e. The van der Waals surface area contributed by atoms with Crippen LogP contribution in [0.1, 0.15) is 24.8 Å². The summed E-state index contributed by atoms with van der Waals surface area (Å²) in [6.07, 6.45) is 3.40. The van der Waals surface area contributed by atoms with Crippen molar-refractivity contribution in [3.63, 3.8) is 0 Å². The molecule has 0 aromatic heterocycles. The van der Waals surface area contributed by atoms with Crippen LogP contribution >= 0.6 is 0 Å². The lowest BCUT2D eigenvalue weighted by molar-refractivity contribution is -0.121. The summed E-state index contributed by atoms with van der Waals surface area (Å²) >= 11 is 0. The molecule has 1 aliphatic heterocycles. The molecule has 6 nitrogen and oxygen atoms in total. The standard InChI is InChI=1S/C21H24N2O4S/c1-27-17-10-8-16(9-11-17)21(12-13-21)20(24)22-14-5-15-23(28(2,25)26)19-7-4-3-6-18(19)22/h3-4,6-11H,5,12-15H2,1-2H3. The maximum absolute atomic E-state index is 13.6. The molecule has 28 heavy (non-hydrogen) atoms. The van der Waals surface area contributed by atoms with Gasteiger partial charge in [0, 0.05) is 13.1 Å². The lowest BCUT2D eigenvalue weighted by Gasteiger charge is -2.28. The summed E-state index contributed by atoms with van der Waals surface area (Å²) in [5.74, 6) is 0.802. The van der Waals surface area contributed by atoms with Crippen LogP contribution in [0.3, 0.4) is 0 Å². The van der Waals surface area contributed by atoms with Crippen LogP contribution in [0.25, 0.3) is 0 Å². The Kier molecular flexibility index (Phi) is 4.57. The molecule has 0 saturated heterocycles. The number of fused-ring (bicyclic) bond motifs is 1. The van der Waals surface area contributed by atoms with E-state index in [0.29, 0.717) is 30.9 Å². The molecule has 1 heterocycles. The van der Waals surface area contributed by atoms with Gasteiger partial charge in [-0.3, -0.25) is 9.10 Å². The van der Waals surface area contributed by atoms with E-state index in [4.69, 9.17) is 4.74 Å². The van der Waals surface area contributed by atoms with E-state index in [-0.39, 0.29) is 5.91 Å². The molecule has 0 atom stereocenters. The van der Waals surface area contributed by atoms with E-state index in [1.807, 2.05) is 36.4 Å². The molecule has 148 valence electrons. The average molecular weight is 401 g/mol. The van der Waals surface area contributed by atoms with Crippen molar-refractivity contribution in [3.05, 3.63) is 54.1 Å². The highest BCUT2D eigenvalue weighted by Gasteiger charge is 2.53. The second-order valence-electron chi connectivity index (χ2n) is 7.44. The van der Waals surface area contributed by atoms with Gasteiger partial charge >= 0.3 is 0 Å². The summed E-state index contributed by atoms with van der Waals surface area (Å²) in [6, 6.07) is 14.9. The number of carbonyl (C=O) groups excluding carboxylic acids is 1. The summed E-state index contributed by atoms with van der Waals surface area (Å²) in [4.78, 5) is 15.4. The Morgan fingerprint density at radius 1 is 1.00 bits per heavy atom. The van der Waals surface area contributed by atoms with E-state index in [1.54, 1.807) is 24.1 Å². The minimum atomic E-state index is -3.41. The minimum Gasteiger partial charge on any atom is -0.497 e. The van der Waals surface area contributed by atoms with Gasteiger partial charge < -0.3 is 9.64 Å². The van der Waals surface area contributed by atoms with Gasteiger partial charge in [0.1, 0.15) is 5.75 Å². The Morgan fingerprint density at radius 3 is 2.21 bits per heavy atom. The molecule has 0 bridgehead atoms. The van der Waals surface area contributed by atoms with Crippen LogP contribution in [0, 0.1) is 0 Å². The van der Waals surface area contributed by atoms with Gasteiger partial charge in [-0.2, -0.15) is 0 Å². The Hall–Kier alpha value is -2.54. The van der Waals surface area contributed by atoms with Crippen LogP contribution in [0.15, 0.2) is 48.5 Å². The van der Waals surface area contributed by atoms with Crippen molar-refractivity contribution in [1.29, 1.82) is 0 Å². The first-order valence-corrected chi connectivity index (χ1v) is 11.2. The topological polar surface area (TPSA) is 66.9 Å². The Labute approximate surface area is 165 Å². The SMILES string of the molecule is COc1ccc(C2(C(=O)N3CCCN(S(C)(=O)=O)c4ccccc43)CC2)cc1. The number of para-hydroxylation sites is 2. The number of carbonyl (C=O) groups is 1. The normalized spacial score (nSPS) is 18.2. The Bertz CT molecular complexity index is 997. The number of hydrogen-bond donors (Lipinski definition) is 0. The third-order valence-electron chi connectivity index (χ3n) is 5.63. The zero-order valence-corrected chi connectivity index (χ0v) is 16.9. The van der Waals surface area contributed by atoms with Crippen molar-refractivity contribution < 1.29 is 17.9 Å². The van der Waals surface area contributed by atoms with Gasteiger partial charge in [0.2, 0.25) is 15.9 Å². The second kappa shape index (κ2) is 6.81. The van der Waals surface area contributed by atoms with Crippen LogP contribution in [0.5, 0.6) is 5.75 Å². The summed E-state index contributed by atoms with van der Waals surface area (Å²) in [5, 5.41) is 0. The fraction of sp³-hybridized carbons (Fsp3) is 0.381. The Morgan fingerprint density at radius 2 is 1.64 bits per heavy atom. The van der Waals surface area contributed by atoms with Crippen molar-refractivity contribution in [2.75, 3.05) is 35.7 Å². The molecule has 1 amide bonds. The molecule has 0 spiro atoms. The third kappa shape index (κ3) is 3.13. The lowest BCUT2D eigenvalue weighted by Crippen LogP contribution is -2.40. The smallest absolute Gasteiger partial charge is 0.237 e. The number of sulfonamides is 1. The predicted molar refractivity (Wildman–Crippen MR) is 110 cm³/mol. The molecule has 7 heteroatoms. The average Bonchev–Trinajstić information content (AvgIpc) is 3.50. The number of hydrogen-bond acceptors (Lipinski definition) is 4.